The van der Waals surface area contributed by atoms with Crippen LogP contribution in [0, 0.1) is 0 Å². The molecule has 3 N–H and O–H groups in total. The molecule has 1 aromatic heterocycles. The van der Waals surface area contributed by atoms with Crippen molar-refractivity contribution < 1.29 is 4.74 Å². The quantitative estimate of drug-likeness (QED) is 0.603. The van der Waals surface area contributed by atoms with Crippen LogP contribution in [0.2, 0.25) is 0 Å². The van der Waals surface area contributed by atoms with E-state index < -0.39 is 0 Å². The molecule has 0 aliphatic rings. The smallest absolute Gasteiger partial charge is 0.133 e. The molecular weight excluding hydrogens is 352 g/mol. The van der Waals surface area contributed by atoms with Crippen LogP contribution in [-0.2, 0) is 6.42 Å². The Morgan fingerprint density at radius 2 is 2.19 bits per heavy atom. The van der Waals surface area contributed by atoms with Crippen LogP contribution < -0.4 is 16.0 Å². The number of hydrazine groups is 1. The molecule has 0 bridgehead atoms. The lowest BCUT2D eigenvalue weighted by molar-refractivity contribution is 0.412. The first-order valence-electron chi connectivity index (χ1n) is 6.67. The third kappa shape index (κ3) is 3.79. The summed E-state index contributed by atoms with van der Waals surface area (Å²) < 4.78 is 10.2. The summed E-state index contributed by atoms with van der Waals surface area (Å²) in [6.45, 7) is 4.22. The molecule has 0 aliphatic carbocycles. The summed E-state index contributed by atoms with van der Waals surface area (Å²) in [5, 5.41) is 4.21. The molecule has 2 rings (SSSR count). The van der Waals surface area contributed by atoms with Crippen molar-refractivity contribution in [2.45, 2.75) is 32.2 Å². The molecule has 0 aliphatic heterocycles. The minimum absolute atomic E-state index is 0.00250. The molecule has 7 heteroatoms. The Morgan fingerprint density at radius 3 is 2.76 bits per heavy atom. The van der Waals surface area contributed by atoms with E-state index in [1.807, 2.05) is 18.2 Å². The predicted molar refractivity (Wildman–Crippen MR) is 88.5 cm³/mol. The number of aromatic nitrogens is 2. The van der Waals surface area contributed by atoms with E-state index in [1.54, 1.807) is 7.11 Å². The number of ether oxygens (including phenoxy) is 1. The zero-order chi connectivity index (χ0) is 15.4. The highest BCUT2D eigenvalue weighted by atomic mass is 79.9. The number of methoxy groups -OCH3 is 1. The summed E-state index contributed by atoms with van der Waals surface area (Å²) in [6.07, 6.45) is 0.767. The lowest BCUT2D eigenvalue weighted by Gasteiger charge is -2.17. The van der Waals surface area contributed by atoms with E-state index in [0.29, 0.717) is 5.92 Å². The molecule has 0 fully saturated rings. The van der Waals surface area contributed by atoms with Gasteiger partial charge in [0.05, 0.1) is 28.2 Å². The van der Waals surface area contributed by atoms with Crippen LogP contribution in [0.4, 0.5) is 0 Å². The van der Waals surface area contributed by atoms with Gasteiger partial charge < -0.3 is 4.74 Å². The zero-order valence-corrected chi connectivity index (χ0v) is 14.7. The van der Waals surface area contributed by atoms with Crippen molar-refractivity contribution in [2.75, 3.05) is 7.11 Å². The van der Waals surface area contributed by atoms with Gasteiger partial charge in [-0.1, -0.05) is 24.4 Å². The maximum Gasteiger partial charge on any atom is 0.133 e. The average Bonchev–Trinajstić information content (AvgIpc) is 2.94. The van der Waals surface area contributed by atoms with Crippen molar-refractivity contribution in [3.05, 3.63) is 38.8 Å². The highest BCUT2D eigenvalue weighted by Gasteiger charge is 2.21. The van der Waals surface area contributed by atoms with Crippen LogP contribution in [0.15, 0.2) is 22.7 Å². The second kappa shape index (κ2) is 7.31. The lowest BCUT2D eigenvalue weighted by atomic mass is 10.0. The maximum absolute atomic E-state index is 5.74. The van der Waals surface area contributed by atoms with Crippen molar-refractivity contribution in [3.8, 4) is 5.75 Å². The Balaban J connectivity index is 2.23. The second-order valence-corrected chi connectivity index (χ2v) is 6.71. The predicted octanol–water partition coefficient (Wildman–Crippen LogP) is 3.18. The normalized spacial score (nSPS) is 12.7. The minimum Gasteiger partial charge on any atom is -0.496 e. The topological polar surface area (TPSA) is 73.1 Å². The summed E-state index contributed by atoms with van der Waals surface area (Å²) in [4.78, 5) is 1.10. The number of halogens is 1. The Morgan fingerprint density at radius 1 is 1.43 bits per heavy atom. The first-order valence-corrected chi connectivity index (χ1v) is 8.24. The lowest BCUT2D eigenvalue weighted by Crippen LogP contribution is -2.29. The van der Waals surface area contributed by atoms with E-state index >= 15 is 0 Å². The first kappa shape index (κ1) is 16.4. The molecule has 1 heterocycles. The molecule has 5 nitrogen and oxygen atoms in total. The Bertz CT molecular complexity index is 602. The molecule has 0 spiro atoms. The maximum atomic E-state index is 5.74. The SMILES string of the molecule is COc1ccc(CC(NN)c2snnc2C(C)C)cc1Br. The van der Waals surface area contributed by atoms with Gasteiger partial charge in [0.25, 0.3) is 0 Å². The number of nitrogens with two attached hydrogens (primary N) is 1. The Labute approximate surface area is 137 Å². The summed E-state index contributed by atoms with van der Waals surface area (Å²) in [7, 11) is 1.65. The Kier molecular flexibility index (Phi) is 5.69. The average molecular weight is 371 g/mol. The van der Waals surface area contributed by atoms with Crippen molar-refractivity contribution >= 4 is 27.5 Å². The fourth-order valence-corrected chi connectivity index (χ4v) is 3.60. The molecule has 1 unspecified atom stereocenters. The fraction of sp³-hybridized carbons (Fsp3) is 0.429. The van der Waals surface area contributed by atoms with E-state index in [0.717, 1.165) is 32.8 Å². The van der Waals surface area contributed by atoms with Crippen molar-refractivity contribution in [2.24, 2.45) is 5.84 Å². The van der Waals surface area contributed by atoms with Crippen LogP contribution in [0.25, 0.3) is 0 Å². The summed E-state index contributed by atoms with van der Waals surface area (Å²) >= 11 is 4.91. The Hall–Kier alpha value is -1.02. The molecule has 0 amide bonds. The highest BCUT2D eigenvalue weighted by Crippen LogP contribution is 2.31. The van der Waals surface area contributed by atoms with Crippen LogP contribution in [-0.4, -0.2) is 16.7 Å². The molecular formula is C14H19BrN4OS. The molecule has 0 saturated heterocycles. The van der Waals surface area contributed by atoms with Crippen LogP contribution in [0.1, 0.15) is 41.9 Å². The monoisotopic (exact) mass is 370 g/mol. The third-order valence-electron chi connectivity index (χ3n) is 3.26. The summed E-state index contributed by atoms with van der Waals surface area (Å²) in [6, 6.07) is 6.04. The molecule has 21 heavy (non-hydrogen) atoms. The molecule has 2 aromatic rings. The highest BCUT2D eigenvalue weighted by molar-refractivity contribution is 9.10. The molecule has 1 atom stereocenters. The van der Waals surface area contributed by atoms with Crippen LogP contribution in [0.3, 0.4) is 0 Å². The number of hydrogen-bond acceptors (Lipinski definition) is 6. The molecule has 0 radical (unpaired) electrons. The van der Waals surface area contributed by atoms with Crippen molar-refractivity contribution in [1.29, 1.82) is 0 Å². The van der Waals surface area contributed by atoms with E-state index in [9.17, 15) is 0 Å². The van der Waals surface area contributed by atoms with Gasteiger partial charge >= 0.3 is 0 Å². The van der Waals surface area contributed by atoms with Crippen molar-refractivity contribution in [3.63, 3.8) is 0 Å². The van der Waals surface area contributed by atoms with E-state index in [2.05, 4.69) is 44.8 Å². The van der Waals surface area contributed by atoms with Crippen molar-refractivity contribution in [1.82, 2.24) is 15.0 Å². The van der Waals surface area contributed by atoms with E-state index in [1.165, 1.54) is 11.5 Å². The fourth-order valence-electron chi connectivity index (χ4n) is 2.15. The number of hydrogen-bond donors (Lipinski definition) is 2. The van der Waals surface area contributed by atoms with Gasteiger partial charge in [0, 0.05) is 0 Å². The van der Waals surface area contributed by atoms with Gasteiger partial charge in [0.1, 0.15) is 5.75 Å². The second-order valence-electron chi connectivity index (χ2n) is 5.07. The standard InChI is InChI=1S/C14H19BrN4OS/c1-8(2)13-14(21-19-18-13)11(17-16)7-9-4-5-12(20-3)10(15)6-9/h4-6,8,11,17H,7,16H2,1-3H3. The third-order valence-corrected chi connectivity index (χ3v) is 4.73. The van der Waals surface area contributed by atoms with Gasteiger partial charge in [-0.25, -0.2) is 0 Å². The van der Waals surface area contributed by atoms with E-state index in [4.69, 9.17) is 10.6 Å². The number of nitrogens with one attached hydrogen (secondary N) is 1. The molecule has 0 saturated carbocycles. The van der Waals surface area contributed by atoms with Gasteiger partial charge in [-0.3, -0.25) is 11.3 Å². The number of benzene rings is 1. The van der Waals surface area contributed by atoms with Crippen LogP contribution in [0.5, 0.6) is 5.75 Å². The molecule has 1 aromatic carbocycles. The van der Waals surface area contributed by atoms with E-state index in [-0.39, 0.29) is 6.04 Å². The van der Waals surface area contributed by atoms with Gasteiger partial charge in [-0.2, -0.15) is 0 Å². The zero-order valence-electron chi connectivity index (χ0n) is 12.3. The van der Waals surface area contributed by atoms with Gasteiger partial charge in [0.15, 0.2) is 0 Å². The number of rotatable bonds is 6. The minimum atomic E-state index is 0.00250. The van der Waals surface area contributed by atoms with Crippen LogP contribution >= 0.6 is 27.5 Å². The van der Waals surface area contributed by atoms with Gasteiger partial charge in [0.2, 0.25) is 0 Å². The van der Waals surface area contributed by atoms with Gasteiger partial charge in [-0.05, 0) is 57.5 Å². The summed E-state index contributed by atoms with van der Waals surface area (Å²) in [5.74, 6) is 6.89. The van der Waals surface area contributed by atoms with Gasteiger partial charge in [-0.15, -0.1) is 5.10 Å². The largest absolute Gasteiger partial charge is 0.496 e. The first-order chi connectivity index (χ1) is 10.1. The summed E-state index contributed by atoms with van der Waals surface area (Å²) in [5.41, 5.74) is 5.05. The molecule has 114 valence electrons. The number of nitrogens with zero attached hydrogens (tertiary/aromatic N) is 2.